The molecule has 0 atom stereocenters. The molecule has 1 fully saturated rings. The highest BCUT2D eigenvalue weighted by Crippen LogP contribution is 2.22. The van der Waals surface area contributed by atoms with Gasteiger partial charge in [-0.1, -0.05) is 11.6 Å². The minimum absolute atomic E-state index is 0.00899. The Morgan fingerprint density at radius 3 is 2.80 bits per heavy atom. The highest BCUT2D eigenvalue weighted by molar-refractivity contribution is 9.10. The Bertz CT molecular complexity index is 562. The standard InChI is InChI=1S/C12H17BrClN3O2S/c13-10-8-11(12(14)15-9-10)20(18,19)16-4-3-7-17-5-1-2-6-17/h8-9,16H,1-7H2. The van der Waals surface area contributed by atoms with Crippen molar-refractivity contribution in [3.8, 4) is 0 Å². The number of halogens is 2. The first-order chi connectivity index (χ1) is 9.49. The first-order valence-corrected chi connectivity index (χ1v) is 9.17. The lowest BCUT2D eigenvalue weighted by atomic mass is 10.4. The van der Waals surface area contributed by atoms with E-state index in [4.69, 9.17) is 11.6 Å². The molecule has 8 heteroatoms. The molecule has 1 aromatic heterocycles. The van der Waals surface area contributed by atoms with Crippen LogP contribution in [0.4, 0.5) is 0 Å². The van der Waals surface area contributed by atoms with Crippen LogP contribution in [0.2, 0.25) is 5.15 Å². The van der Waals surface area contributed by atoms with Gasteiger partial charge in [0.2, 0.25) is 10.0 Å². The molecule has 1 N–H and O–H groups in total. The van der Waals surface area contributed by atoms with Gasteiger partial charge in [-0.15, -0.1) is 0 Å². The van der Waals surface area contributed by atoms with Crippen molar-refractivity contribution in [1.82, 2.24) is 14.6 Å². The summed E-state index contributed by atoms with van der Waals surface area (Å²) in [4.78, 5) is 6.19. The van der Waals surface area contributed by atoms with Gasteiger partial charge in [0.15, 0.2) is 0 Å². The number of nitrogens with zero attached hydrogens (tertiary/aromatic N) is 2. The lowest BCUT2D eigenvalue weighted by Gasteiger charge is -2.14. The highest BCUT2D eigenvalue weighted by atomic mass is 79.9. The van der Waals surface area contributed by atoms with Crippen LogP contribution in [0.25, 0.3) is 0 Å². The van der Waals surface area contributed by atoms with Crippen molar-refractivity contribution < 1.29 is 8.42 Å². The molecular formula is C12H17BrClN3O2S. The van der Waals surface area contributed by atoms with E-state index in [1.165, 1.54) is 25.1 Å². The molecule has 1 aliphatic heterocycles. The lowest BCUT2D eigenvalue weighted by Crippen LogP contribution is -2.29. The molecule has 20 heavy (non-hydrogen) atoms. The Morgan fingerprint density at radius 2 is 2.10 bits per heavy atom. The van der Waals surface area contributed by atoms with Crippen molar-refractivity contribution in [1.29, 1.82) is 0 Å². The molecule has 0 unspecified atom stereocenters. The predicted octanol–water partition coefficient (Wildman–Crippen LogP) is 2.26. The number of aromatic nitrogens is 1. The summed E-state index contributed by atoms with van der Waals surface area (Å²) in [6, 6.07) is 1.46. The van der Waals surface area contributed by atoms with Gasteiger partial charge in [-0.05, 0) is 60.9 Å². The maximum Gasteiger partial charge on any atom is 0.243 e. The Morgan fingerprint density at radius 1 is 1.40 bits per heavy atom. The van der Waals surface area contributed by atoms with Gasteiger partial charge < -0.3 is 4.90 Å². The molecule has 1 aromatic rings. The molecule has 1 saturated heterocycles. The number of rotatable bonds is 6. The Hall–Kier alpha value is -0.210. The second-order valence-electron chi connectivity index (χ2n) is 4.74. The molecule has 2 rings (SSSR count). The average molecular weight is 383 g/mol. The molecule has 0 spiro atoms. The summed E-state index contributed by atoms with van der Waals surface area (Å²) in [5.41, 5.74) is 0. The van der Waals surface area contributed by atoms with Gasteiger partial charge >= 0.3 is 0 Å². The molecule has 0 radical (unpaired) electrons. The number of hydrogen-bond acceptors (Lipinski definition) is 4. The molecule has 0 aliphatic carbocycles. The van der Waals surface area contributed by atoms with Crippen LogP contribution in [0, 0.1) is 0 Å². The van der Waals surface area contributed by atoms with E-state index in [1.807, 2.05) is 0 Å². The van der Waals surface area contributed by atoms with Crippen molar-refractivity contribution in [2.24, 2.45) is 0 Å². The summed E-state index contributed by atoms with van der Waals surface area (Å²) in [6.45, 7) is 3.57. The van der Waals surface area contributed by atoms with Crippen molar-refractivity contribution >= 4 is 37.6 Å². The van der Waals surface area contributed by atoms with Crippen molar-refractivity contribution in [3.05, 3.63) is 21.9 Å². The number of pyridine rings is 1. The van der Waals surface area contributed by atoms with Gasteiger partial charge in [0, 0.05) is 17.2 Å². The van der Waals surface area contributed by atoms with Crippen LogP contribution in [-0.2, 0) is 10.0 Å². The Balaban J connectivity index is 1.88. The third kappa shape index (κ3) is 4.39. The number of hydrogen-bond donors (Lipinski definition) is 1. The molecule has 1 aliphatic rings. The Labute approximate surface area is 132 Å². The zero-order chi connectivity index (χ0) is 14.6. The van der Waals surface area contributed by atoms with Crippen LogP contribution in [-0.4, -0.2) is 44.5 Å². The summed E-state index contributed by atoms with van der Waals surface area (Å²) in [5, 5.41) is -0.0137. The average Bonchev–Trinajstić information content (AvgIpc) is 2.90. The van der Waals surface area contributed by atoms with E-state index in [9.17, 15) is 8.42 Å². The fraction of sp³-hybridized carbons (Fsp3) is 0.583. The predicted molar refractivity (Wildman–Crippen MR) is 82.4 cm³/mol. The largest absolute Gasteiger partial charge is 0.303 e. The topological polar surface area (TPSA) is 62.3 Å². The SMILES string of the molecule is O=S(=O)(NCCCN1CCCC1)c1cc(Br)cnc1Cl. The molecule has 5 nitrogen and oxygen atoms in total. The smallest absolute Gasteiger partial charge is 0.243 e. The van der Waals surface area contributed by atoms with E-state index < -0.39 is 10.0 Å². The normalized spacial score (nSPS) is 16.7. The fourth-order valence-corrected chi connectivity index (χ4v) is 4.20. The molecular weight excluding hydrogens is 366 g/mol. The second kappa shape index (κ2) is 7.17. The van der Waals surface area contributed by atoms with Crippen LogP contribution < -0.4 is 4.72 Å². The first-order valence-electron chi connectivity index (χ1n) is 6.52. The van der Waals surface area contributed by atoms with Crippen LogP contribution in [0.15, 0.2) is 21.6 Å². The first kappa shape index (κ1) is 16.2. The van der Waals surface area contributed by atoms with E-state index >= 15 is 0 Å². The zero-order valence-electron chi connectivity index (χ0n) is 11.0. The summed E-state index contributed by atoms with van der Waals surface area (Å²) >= 11 is 9.03. The quantitative estimate of drug-likeness (QED) is 0.605. The van der Waals surface area contributed by atoms with Gasteiger partial charge in [0.05, 0.1) is 0 Å². The van der Waals surface area contributed by atoms with E-state index in [0.29, 0.717) is 11.0 Å². The van der Waals surface area contributed by atoms with Crippen LogP contribution >= 0.6 is 27.5 Å². The van der Waals surface area contributed by atoms with Crippen molar-refractivity contribution in [2.75, 3.05) is 26.2 Å². The van der Waals surface area contributed by atoms with Gasteiger partial charge in [0.1, 0.15) is 10.0 Å². The highest BCUT2D eigenvalue weighted by Gasteiger charge is 2.19. The van der Waals surface area contributed by atoms with E-state index in [2.05, 4.69) is 30.5 Å². The van der Waals surface area contributed by atoms with Crippen LogP contribution in [0.1, 0.15) is 19.3 Å². The summed E-state index contributed by atoms with van der Waals surface area (Å²) in [7, 11) is -3.60. The van der Waals surface area contributed by atoms with Crippen molar-refractivity contribution in [2.45, 2.75) is 24.2 Å². The molecule has 0 bridgehead atoms. The van der Waals surface area contributed by atoms with Crippen LogP contribution in [0.3, 0.4) is 0 Å². The molecule has 0 saturated carbocycles. The summed E-state index contributed by atoms with van der Waals surface area (Å²) in [5.74, 6) is 0. The van der Waals surface area contributed by atoms with E-state index in [1.54, 1.807) is 0 Å². The minimum atomic E-state index is -3.60. The maximum atomic E-state index is 12.1. The van der Waals surface area contributed by atoms with Gasteiger partial charge in [-0.3, -0.25) is 0 Å². The molecule has 0 aromatic carbocycles. The third-order valence-electron chi connectivity index (χ3n) is 3.20. The monoisotopic (exact) mass is 381 g/mol. The lowest BCUT2D eigenvalue weighted by molar-refractivity contribution is 0.334. The maximum absolute atomic E-state index is 12.1. The molecule has 2 heterocycles. The molecule has 112 valence electrons. The fourth-order valence-electron chi connectivity index (χ4n) is 2.19. The third-order valence-corrected chi connectivity index (χ3v) is 5.53. The number of likely N-dealkylation sites (tertiary alicyclic amines) is 1. The molecule has 0 amide bonds. The van der Waals surface area contributed by atoms with Gasteiger partial charge in [-0.2, -0.15) is 0 Å². The van der Waals surface area contributed by atoms with Crippen molar-refractivity contribution in [3.63, 3.8) is 0 Å². The summed E-state index contributed by atoms with van der Waals surface area (Å²) < 4.78 is 27.4. The van der Waals surface area contributed by atoms with Crippen LogP contribution in [0.5, 0.6) is 0 Å². The van der Waals surface area contributed by atoms with E-state index in [0.717, 1.165) is 26.1 Å². The van der Waals surface area contributed by atoms with Gasteiger partial charge in [-0.25, -0.2) is 18.1 Å². The minimum Gasteiger partial charge on any atom is -0.303 e. The van der Waals surface area contributed by atoms with Gasteiger partial charge in [0.25, 0.3) is 0 Å². The summed E-state index contributed by atoms with van der Waals surface area (Å²) in [6.07, 6.45) is 4.74. The second-order valence-corrected chi connectivity index (χ2v) is 7.75. The zero-order valence-corrected chi connectivity index (χ0v) is 14.1. The number of sulfonamides is 1. The number of nitrogens with one attached hydrogen (secondary N) is 1. The Kier molecular flexibility index (Phi) is 5.80. The van der Waals surface area contributed by atoms with E-state index in [-0.39, 0.29) is 10.0 Å².